The second-order valence-corrected chi connectivity index (χ2v) is 5.22. The molecule has 3 N–H and O–H groups in total. The summed E-state index contributed by atoms with van der Waals surface area (Å²) in [5.41, 5.74) is 8.55. The first-order valence-corrected chi connectivity index (χ1v) is 7.06. The summed E-state index contributed by atoms with van der Waals surface area (Å²) in [6, 6.07) is 10.4. The third-order valence-corrected chi connectivity index (χ3v) is 3.38. The van der Waals surface area contributed by atoms with Gasteiger partial charge in [-0.25, -0.2) is 0 Å². The van der Waals surface area contributed by atoms with Crippen molar-refractivity contribution in [3.05, 3.63) is 42.0 Å². The van der Waals surface area contributed by atoms with E-state index in [2.05, 4.69) is 5.32 Å². The van der Waals surface area contributed by atoms with Crippen molar-refractivity contribution < 1.29 is 14.3 Å². The molecule has 0 saturated heterocycles. The molecule has 2 aromatic carbocycles. The highest BCUT2D eigenvalue weighted by Gasteiger charge is 2.11. The molecule has 0 aliphatic rings. The van der Waals surface area contributed by atoms with Gasteiger partial charge in [0.05, 0.1) is 25.6 Å². The maximum Gasteiger partial charge on any atom is 0.255 e. The van der Waals surface area contributed by atoms with Crippen LogP contribution in [0.5, 0.6) is 11.5 Å². The van der Waals surface area contributed by atoms with Gasteiger partial charge in [0, 0.05) is 31.4 Å². The van der Waals surface area contributed by atoms with Gasteiger partial charge in [-0.15, -0.1) is 0 Å². The number of methoxy groups -OCH3 is 2. The van der Waals surface area contributed by atoms with Crippen molar-refractivity contribution >= 4 is 23.0 Å². The lowest BCUT2D eigenvalue weighted by Gasteiger charge is -2.16. The van der Waals surface area contributed by atoms with Gasteiger partial charge >= 0.3 is 0 Å². The van der Waals surface area contributed by atoms with Crippen molar-refractivity contribution in [2.24, 2.45) is 0 Å². The minimum absolute atomic E-state index is 0.265. The predicted molar refractivity (Wildman–Crippen MR) is 92.7 cm³/mol. The zero-order valence-corrected chi connectivity index (χ0v) is 13.7. The van der Waals surface area contributed by atoms with E-state index in [4.69, 9.17) is 15.2 Å². The molecule has 1 amide bonds. The van der Waals surface area contributed by atoms with E-state index in [1.807, 2.05) is 25.1 Å². The van der Waals surface area contributed by atoms with E-state index >= 15 is 0 Å². The fraction of sp³-hybridized carbons (Fsp3) is 0.235. The first kappa shape index (κ1) is 16.5. The molecule has 0 heterocycles. The molecule has 0 aromatic heterocycles. The van der Waals surface area contributed by atoms with E-state index in [9.17, 15) is 4.79 Å². The minimum Gasteiger partial charge on any atom is -0.497 e. The van der Waals surface area contributed by atoms with Crippen molar-refractivity contribution in [3.8, 4) is 11.5 Å². The lowest BCUT2D eigenvalue weighted by Crippen LogP contribution is -2.14. The number of carbonyl (C=O) groups excluding carboxylic acids is 1. The Kier molecular flexibility index (Phi) is 4.95. The SMILES string of the molecule is COc1cc(OC)cc(C(=O)Nc2ccc(N(C)C)c(N)c2)c1. The molecule has 0 aliphatic heterocycles. The molecular weight excluding hydrogens is 294 g/mol. The number of hydrogen-bond donors (Lipinski definition) is 2. The second-order valence-electron chi connectivity index (χ2n) is 5.22. The Balaban J connectivity index is 2.23. The number of rotatable bonds is 5. The van der Waals surface area contributed by atoms with Crippen molar-refractivity contribution in [2.45, 2.75) is 0 Å². The van der Waals surface area contributed by atoms with E-state index < -0.39 is 0 Å². The Morgan fingerprint density at radius 3 is 2.13 bits per heavy atom. The van der Waals surface area contributed by atoms with Gasteiger partial charge in [0.2, 0.25) is 0 Å². The van der Waals surface area contributed by atoms with Gasteiger partial charge in [-0.2, -0.15) is 0 Å². The quantitative estimate of drug-likeness (QED) is 0.829. The first-order valence-electron chi connectivity index (χ1n) is 7.06. The summed E-state index contributed by atoms with van der Waals surface area (Å²) < 4.78 is 10.3. The number of nitrogens with one attached hydrogen (secondary N) is 1. The van der Waals surface area contributed by atoms with E-state index in [-0.39, 0.29) is 5.91 Å². The zero-order valence-electron chi connectivity index (χ0n) is 13.7. The molecule has 0 radical (unpaired) electrons. The van der Waals surface area contributed by atoms with Gasteiger partial charge in [-0.05, 0) is 30.3 Å². The predicted octanol–water partition coefficient (Wildman–Crippen LogP) is 2.60. The molecule has 0 unspecified atom stereocenters. The second kappa shape index (κ2) is 6.91. The smallest absolute Gasteiger partial charge is 0.255 e. The van der Waals surface area contributed by atoms with Crippen LogP contribution < -0.4 is 25.4 Å². The minimum atomic E-state index is -0.265. The number of nitrogen functional groups attached to an aromatic ring is 1. The summed E-state index contributed by atoms with van der Waals surface area (Å²) in [5.74, 6) is 0.841. The molecular formula is C17H21N3O3. The fourth-order valence-electron chi connectivity index (χ4n) is 2.18. The molecule has 0 fully saturated rings. The van der Waals surface area contributed by atoms with Crippen molar-refractivity contribution in [2.75, 3.05) is 44.3 Å². The standard InChI is InChI=1S/C17H21N3O3/c1-20(2)16-6-5-12(9-15(16)18)19-17(21)11-7-13(22-3)10-14(8-11)23-4/h5-10H,18H2,1-4H3,(H,19,21). The fourth-order valence-corrected chi connectivity index (χ4v) is 2.18. The Labute approximate surface area is 135 Å². The van der Waals surface area contributed by atoms with Crippen LogP contribution >= 0.6 is 0 Å². The number of amides is 1. The molecule has 122 valence electrons. The molecule has 0 spiro atoms. The number of nitrogens with two attached hydrogens (primary N) is 1. The van der Waals surface area contributed by atoms with Gasteiger partial charge in [-0.3, -0.25) is 4.79 Å². The summed E-state index contributed by atoms with van der Waals surface area (Å²) in [5, 5.41) is 2.82. The Morgan fingerprint density at radius 2 is 1.65 bits per heavy atom. The molecule has 23 heavy (non-hydrogen) atoms. The number of hydrogen-bond acceptors (Lipinski definition) is 5. The Hall–Kier alpha value is -2.89. The summed E-state index contributed by atoms with van der Waals surface area (Å²) in [7, 11) is 6.90. The largest absolute Gasteiger partial charge is 0.497 e. The first-order chi connectivity index (χ1) is 10.9. The molecule has 6 heteroatoms. The van der Waals surface area contributed by atoms with E-state index in [1.165, 1.54) is 14.2 Å². The van der Waals surface area contributed by atoms with Gasteiger partial charge < -0.3 is 25.4 Å². The number of ether oxygens (including phenoxy) is 2. The maximum atomic E-state index is 12.4. The molecule has 2 aromatic rings. The van der Waals surface area contributed by atoms with E-state index in [0.29, 0.717) is 28.4 Å². The van der Waals surface area contributed by atoms with Crippen molar-refractivity contribution in [1.29, 1.82) is 0 Å². The van der Waals surface area contributed by atoms with Crippen LogP contribution in [0.3, 0.4) is 0 Å². The van der Waals surface area contributed by atoms with Crippen LogP contribution in [-0.4, -0.2) is 34.2 Å². The van der Waals surface area contributed by atoms with E-state index in [0.717, 1.165) is 5.69 Å². The highest BCUT2D eigenvalue weighted by molar-refractivity contribution is 6.05. The van der Waals surface area contributed by atoms with Crippen LogP contribution in [-0.2, 0) is 0 Å². The summed E-state index contributed by atoms with van der Waals surface area (Å²) in [6.45, 7) is 0. The highest BCUT2D eigenvalue weighted by atomic mass is 16.5. The molecule has 0 atom stereocenters. The number of nitrogens with zero attached hydrogens (tertiary/aromatic N) is 1. The van der Waals surface area contributed by atoms with Crippen LogP contribution in [0.2, 0.25) is 0 Å². The highest BCUT2D eigenvalue weighted by Crippen LogP contribution is 2.26. The normalized spacial score (nSPS) is 10.1. The topological polar surface area (TPSA) is 76.8 Å². The maximum absolute atomic E-state index is 12.4. The van der Waals surface area contributed by atoms with Crippen LogP contribution in [0.25, 0.3) is 0 Å². The Bertz CT molecular complexity index is 692. The van der Waals surface area contributed by atoms with Crippen LogP contribution in [0.1, 0.15) is 10.4 Å². The summed E-state index contributed by atoms with van der Waals surface area (Å²) in [6.07, 6.45) is 0. The summed E-state index contributed by atoms with van der Waals surface area (Å²) >= 11 is 0. The number of anilines is 3. The third-order valence-electron chi connectivity index (χ3n) is 3.38. The molecule has 6 nitrogen and oxygen atoms in total. The lowest BCUT2D eigenvalue weighted by molar-refractivity contribution is 0.102. The van der Waals surface area contributed by atoms with Crippen LogP contribution in [0.4, 0.5) is 17.1 Å². The third kappa shape index (κ3) is 3.85. The van der Waals surface area contributed by atoms with Crippen LogP contribution in [0, 0.1) is 0 Å². The molecule has 0 saturated carbocycles. The van der Waals surface area contributed by atoms with Gasteiger partial charge in [-0.1, -0.05) is 0 Å². The van der Waals surface area contributed by atoms with E-state index in [1.54, 1.807) is 30.3 Å². The van der Waals surface area contributed by atoms with Gasteiger partial charge in [0.25, 0.3) is 5.91 Å². The Morgan fingerprint density at radius 1 is 1.04 bits per heavy atom. The molecule has 0 aliphatic carbocycles. The molecule has 0 bridgehead atoms. The monoisotopic (exact) mass is 315 g/mol. The number of carbonyl (C=O) groups is 1. The summed E-state index contributed by atoms with van der Waals surface area (Å²) in [4.78, 5) is 14.3. The van der Waals surface area contributed by atoms with Crippen molar-refractivity contribution in [3.63, 3.8) is 0 Å². The van der Waals surface area contributed by atoms with Crippen molar-refractivity contribution in [1.82, 2.24) is 0 Å². The van der Waals surface area contributed by atoms with Gasteiger partial charge in [0.15, 0.2) is 0 Å². The molecule has 2 rings (SSSR count). The number of benzene rings is 2. The average molecular weight is 315 g/mol. The average Bonchev–Trinajstić information content (AvgIpc) is 2.53. The van der Waals surface area contributed by atoms with Gasteiger partial charge in [0.1, 0.15) is 11.5 Å². The zero-order chi connectivity index (χ0) is 17.0. The lowest BCUT2D eigenvalue weighted by atomic mass is 10.1. The van der Waals surface area contributed by atoms with Crippen LogP contribution in [0.15, 0.2) is 36.4 Å².